The number of nitrogens with zero attached hydrogens (tertiary/aromatic N) is 3. The number of nitrogens with one attached hydrogen (secondary N) is 1. The Morgan fingerprint density at radius 1 is 1.21 bits per heavy atom. The Hall–Kier alpha value is -3.33. The molecule has 0 spiro atoms. The lowest BCUT2D eigenvalue weighted by atomic mass is 10.1. The molecule has 0 saturated heterocycles. The number of aryl methyl sites for hydroxylation is 1. The molecule has 3 aromatic rings. The van der Waals surface area contributed by atoms with Crippen LogP contribution in [0.15, 0.2) is 48.5 Å². The van der Waals surface area contributed by atoms with Crippen LogP contribution in [0.5, 0.6) is 0 Å². The SMILES string of the molecule is Cc1ccc(C(=O)Nc2c3c(nn2-c2ccccc2)C[S@](=O)C3)cc1[N+](=O)[O-]. The Morgan fingerprint density at radius 3 is 2.68 bits per heavy atom. The first-order valence-electron chi connectivity index (χ1n) is 8.51. The first-order valence-corrected chi connectivity index (χ1v) is 10.0. The summed E-state index contributed by atoms with van der Waals surface area (Å²) in [5.41, 5.74) is 2.71. The zero-order chi connectivity index (χ0) is 19.8. The molecule has 1 N–H and O–H groups in total. The van der Waals surface area contributed by atoms with E-state index in [1.165, 1.54) is 6.07 Å². The van der Waals surface area contributed by atoms with Crippen molar-refractivity contribution in [1.82, 2.24) is 9.78 Å². The molecule has 1 aliphatic rings. The summed E-state index contributed by atoms with van der Waals surface area (Å²) < 4.78 is 13.6. The Labute approximate surface area is 162 Å². The molecule has 1 amide bonds. The van der Waals surface area contributed by atoms with Crippen LogP contribution in [0, 0.1) is 17.0 Å². The molecule has 0 bridgehead atoms. The maximum Gasteiger partial charge on any atom is 0.273 e. The minimum Gasteiger partial charge on any atom is -0.306 e. The summed E-state index contributed by atoms with van der Waals surface area (Å²) >= 11 is 0. The number of carbonyl (C=O) groups excluding carboxylic acids is 1. The first-order chi connectivity index (χ1) is 13.4. The topological polar surface area (TPSA) is 107 Å². The molecule has 0 unspecified atom stereocenters. The van der Waals surface area contributed by atoms with E-state index in [1.54, 1.807) is 23.7 Å². The van der Waals surface area contributed by atoms with E-state index in [4.69, 9.17) is 0 Å². The van der Waals surface area contributed by atoms with Crippen LogP contribution in [0.4, 0.5) is 11.5 Å². The summed E-state index contributed by atoms with van der Waals surface area (Å²) in [4.78, 5) is 23.5. The van der Waals surface area contributed by atoms with Gasteiger partial charge in [-0.15, -0.1) is 0 Å². The lowest BCUT2D eigenvalue weighted by Gasteiger charge is -2.11. The summed E-state index contributed by atoms with van der Waals surface area (Å²) in [5.74, 6) is 0.612. The smallest absolute Gasteiger partial charge is 0.273 e. The summed E-state index contributed by atoms with van der Waals surface area (Å²) in [7, 11) is -1.05. The number of nitro benzene ring substituents is 1. The molecular weight excluding hydrogens is 380 g/mol. The van der Waals surface area contributed by atoms with E-state index in [9.17, 15) is 19.1 Å². The lowest BCUT2D eigenvalue weighted by molar-refractivity contribution is -0.385. The predicted molar refractivity (Wildman–Crippen MR) is 105 cm³/mol. The van der Waals surface area contributed by atoms with Crippen molar-refractivity contribution in [2.24, 2.45) is 0 Å². The Morgan fingerprint density at radius 2 is 1.96 bits per heavy atom. The third-order valence-electron chi connectivity index (χ3n) is 4.57. The maximum atomic E-state index is 12.8. The number of fused-ring (bicyclic) bond motifs is 1. The molecular formula is C19H16N4O4S. The van der Waals surface area contributed by atoms with E-state index in [0.717, 1.165) is 11.3 Å². The molecule has 142 valence electrons. The summed E-state index contributed by atoms with van der Waals surface area (Å²) in [6.45, 7) is 1.62. The zero-order valence-electron chi connectivity index (χ0n) is 14.9. The quantitative estimate of drug-likeness (QED) is 0.539. The largest absolute Gasteiger partial charge is 0.306 e. The van der Waals surface area contributed by atoms with Gasteiger partial charge in [0.2, 0.25) is 0 Å². The van der Waals surface area contributed by atoms with Gasteiger partial charge in [-0.1, -0.05) is 24.3 Å². The number of aromatic nitrogens is 2. The molecule has 0 aliphatic carbocycles. The van der Waals surface area contributed by atoms with Crippen molar-refractivity contribution in [3.8, 4) is 5.69 Å². The molecule has 0 radical (unpaired) electrons. The highest BCUT2D eigenvalue weighted by molar-refractivity contribution is 7.83. The van der Waals surface area contributed by atoms with E-state index < -0.39 is 21.6 Å². The van der Waals surface area contributed by atoms with Crippen LogP contribution in [0.25, 0.3) is 5.69 Å². The third-order valence-corrected chi connectivity index (χ3v) is 5.78. The molecule has 9 heteroatoms. The zero-order valence-corrected chi connectivity index (χ0v) is 15.7. The van der Waals surface area contributed by atoms with E-state index in [1.807, 2.05) is 30.3 Å². The minimum absolute atomic E-state index is 0.115. The first kappa shape index (κ1) is 18.1. The second-order valence-corrected chi connectivity index (χ2v) is 7.92. The van der Waals surface area contributed by atoms with Crippen molar-refractivity contribution in [3.63, 3.8) is 0 Å². The van der Waals surface area contributed by atoms with Crippen molar-refractivity contribution in [1.29, 1.82) is 0 Å². The standard InChI is InChI=1S/C19H16N4O4S/c1-12-7-8-13(9-17(12)23(25)26)19(24)20-18-15-10-28(27)11-16(15)21-22(18)14-5-3-2-4-6-14/h2-9H,10-11H2,1H3,(H,20,24)/t28-/m1/s1. The van der Waals surface area contributed by atoms with Crippen molar-refractivity contribution >= 4 is 28.2 Å². The number of benzene rings is 2. The normalized spacial score (nSPS) is 15.2. The van der Waals surface area contributed by atoms with Crippen molar-refractivity contribution < 1.29 is 13.9 Å². The number of hydrogen-bond donors (Lipinski definition) is 1. The fourth-order valence-electron chi connectivity index (χ4n) is 3.14. The molecule has 2 aromatic carbocycles. The van der Waals surface area contributed by atoms with Gasteiger partial charge in [0.1, 0.15) is 5.82 Å². The average Bonchev–Trinajstić information content (AvgIpc) is 3.19. The van der Waals surface area contributed by atoms with Crippen LogP contribution in [0.3, 0.4) is 0 Å². The van der Waals surface area contributed by atoms with Crippen LogP contribution in [-0.2, 0) is 22.3 Å². The van der Waals surface area contributed by atoms with Gasteiger partial charge < -0.3 is 5.32 Å². The molecule has 0 saturated carbocycles. The molecule has 1 aromatic heterocycles. The van der Waals surface area contributed by atoms with Crippen LogP contribution in [-0.4, -0.2) is 24.8 Å². The number of anilines is 1. The molecule has 28 heavy (non-hydrogen) atoms. The van der Waals surface area contributed by atoms with Gasteiger partial charge in [0.05, 0.1) is 27.8 Å². The van der Waals surface area contributed by atoms with Gasteiger partial charge in [0, 0.05) is 33.6 Å². The lowest BCUT2D eigenvalue weighted by Crippen LogP contribution is -2.17. The molecule has 1 atom stereocenters. The molecule has 8 nitrogen and oxygen atoms in total. The van der Waals surface area contributed by atoms with Crippen molar-refractivity contribution in [2.45, 2.75) is 18.4 Å². The second kappa shape index (κ2) is 7.01. The highest BCUT2D eigenvalue weighted by Gasteiger charge is 2.28. The Bertz CT molecular complexity index is 1120. The van der Waals surface area contributed by atoms with Gasteiger partial charge in [0.25, 0.3) is 11.6 Å². The molecule has 0 fully saturated rings. The number of para-hydroxylation sites is 1. The highest BCUT2D eigenvalue weighted by Crippen LogP contribution is 2.31. The van der Waals surface area contributed by atoms with Gasteiger partial charge in [-0.3, -0.25) is 19.1 Å². The summed E-state index contributed by atoms with van der Waals surface area (Å²) in [5, 5.41) is 18.5. The van der Waals surface area contributed by atoms with Gasteiger partial charge >= 0.3 is 0 Å². The minimum atomic E-state index is -1.05. The van der Waals surface area contributed by atoms with Crippen molar-refractivity contribution in [2.75, 3.05) is 5.32 Å². The summed E-state index contributed by atoms with van der Waals surface area (Å²) in [6.07, 6.45) is 0. The number of carbonyl (C=O) groups is 1. The maximum absolute atomic E-state index is 12.8. The average molecular weight is 396 g/mol. The fourth-order valence-corrected chi connectivity index (χ4v) is 4.40. The molecule has 2 heterocycles. The Balaban J connectivity index is 1.74. The second-order valence-electron chi connectivity index (χ2n) is 6.46. The van der Waals surface area contributed by atoms with Crippen LogP contribution < -0.4 is 5.32 Å². The van der Waals surface area contributed by atoms with E-state index in [2.05, 4.69) is 10.4 Å². The van der Waals surface area contributed by atoms with Crippen LogP contribution in [0.2, 0.25) is 0 Å². The van der Waals surface area contributed by atoms with Crippen molar-refractivity contribution in [3.05, 3.63) is 81.0 Å². The third kappa shape index (κ3) is 3.20. The van der Waals surface area contributed by atoms with Gasteiger partial charge in [-0.2, -0.15) is 5.10 Å². The number of rotatable bonds is 4. The van der Waals surface area contributed by atoms with Gasteiger partial charge in [0.15, 0.2) is 0 Å². The predicted octanol–water partition coefficient (Wildman–Crippen LogP) is 3.10. The number of nitro groups is 1. The summed E-state index contributed by atoms with van der Waals surface area (Å²) in [6, 6.07) is 13.6. The molecule has 1 aliphatic heterocycles. The van der Waals surface area contributed by atoms with E-state index >= 15 is 0 Å². The molecule has 4 rings (SSSR count). The van der Waals surface area contributed by atoms with Crippen LogP contribution >= 0.6 is 0 Å². The van der Waals surface area contributed by atoms with Gasteiger partial charge in [-0.25, -0.2) is 4.68 Å². The monoisotopic (exact) mass is 396 g/mol. The number of hydrogen-bond acceptors (Lipinski definition) is 5. The number of amides is 1. The highest BCUT2D eigenvalue weighted by atomic mass is 32.2. The van der Waals surface area contributed by atoms with E-state index in [-0.39, 0.29) is 11.3 Å². The van der Waals surface area contributed by atoms with Gasteiger partial charge in [-0.05, 0) is 25.1 Å². The Kier molecular flexibility index (Phi) is 4.52. The fraction of sp³-hybridized carbons (Fsp3) is 0.158. The van der Waals surface area contributed by atoms with Crippen LogP contribution in [0.1, 0.15) is 27.2 Å². The van der Waals surface area contributed by atoms with E-state index in [0.29, 0.717) is 28.6 Å².